The van der Waals surface area contributed by atoms with E-state index in [4.69, 9.17) is 9.47 Å². The van der Waals surface area contributed by atoms with E-state index in [1.807, 2.05) is 48.8 Å². The molecule has 2 fully saturated rings. The van der Waals surface area contributed by atoms with E-state index in [2.05, 4.69) is 10.2 Å². The molecule has 3 amide bonds. The number of fused-ring (bicyclic) bond motifs is 1. The van der Waals surface area contributed by atoms with Crippen LogP contribution >= 0.6 is 11.8 Å². The molecule has 1 atom stereocenters. The van der Waals surface area contributed by atoms with Crippen LogP contribution in [0.1, 0.15) is 31.7 Å². The Morgan fingerprint density at radius 1 is 1.10 bits per heavy atom. The molecule has 0 spiro atoms. The number of thioether (sulfide) groups is 1. The first-order chi connectivity index (χ1) is 14.8. The number of carbonyl (C=O) groups excluding carboxylic acids is 2. The van der Waals surface area contributed by atoms with Crippen molar-refractivity contribution in [2.45, 2.75) is 31.7 Å². The van der Waals surface area contributed by atoms with Crippen molar-refractivity contribution in [2.75, 3.05) is 58.2 Å². The summed E-state index contributed by atoms with van der Waals surface area (Å²) >= 11 is 1.66. The topological polar surface area (TPSA) is 74.4 Å². The minimum Gasteiger partial charge on any atom is -0.486 e. The van der Waals surface area contributed by atoms with Crippen LogP contribution < -0.4 is 14.8 Å². The number of hydrogen-bond donors (Lipinski definition) is 1. The molecular formula is C22H32N4O4S. The molecule has 3 heterocycles. The maximum atomic E-state index is 12.6. The van der Waals surface area contributed by atoms with Gasteiger partial charge in [0, 0.05) is 44.8 Å². The van der Waals surface area contributed by atoms with Gasteiger partial charge in [-0.3, -0.25) is 9.69 Å². The van der Waals surface area contributed by atoms with Crippen molar-refractivity contribution in [3.05, 3.63) is 23.8 Å². The van der Waals surface area contributed by atoms with Crippen molar-refractivity contribution >= 4 is 23.7 Å². The van der Waals surface area contributed by atoms with E-state index in [-0.39, 0.29) is 22.9 Å². The summed E-state index contributed by atoms with van der Waals surface area (Å²) in [6, 6.07) is 5.97. The standard InChI is InChI=1S/C22H32N4O4S/c1-22(2,3)23-21(28)25-9-6-24(7-10-25)8-11-26-19(27)15-31-20(26)16-4-5-17-18(14-16)30-13-12-29-17/h4-5,14,20H,6-13,15H2,1-3H3,(H,23,28). The molecule has 1 aromatic carbocycles. The van der Waals surface area contributed by atoms with E-state index in [0.717, 1.165) is 36.7 Å². The molecule has 1 N–H and O–H groups in total. The first kappa shape index (κ1) is 22.1. The second-order valence-electron chi connectivity index (χ2n) is 9.16. The Balaban J connectivity index is 1.31. The molecule has 9 heteroatoms. The second-order valence-corrected chi connectivity index (χ2v) is 10.2. The first-order valence-electron chi connectivity index (χ1n) is 10.9. The summed E-state index contributed by atoms with van der Waals surface area (Å²) in [4.78, 5) is 31.1. The molecule has 0 bridgehead atoms. The van der Waals surface area contributed by atoms with Crippen molar-refractivity contribution in [3.63, 3.8) is 0 Å². The van der Waals surface area contributed by atoms with Gasteiger partial charge in [-0.15, -0.1) is 11.8 Å². The molecule has 3 aliphatic rings. The van der Waals surface area contributed by atoms with Crippen LogP contribution in [0.2, 0.25) is 0 Å². The third kappa shape index (κ3) is 5.38. The summed E-state index contributed by atoms with van der Waals surface area (Å²) in [5.41, 5.74) is 0.842. The number of benzene rings is 1. The minimum absolute atomic E-state index is 0.00202. The summed E-state index contributed by atoms with van der Waals surface area (Å²) in [5, 5.41) is 3.03. The van der Waals surface area contributed by atoms with Crippen molar-refractivity contribution in [2.24, 2.45) is 0 Å². The molecule has 0 aromatic heterocycles. The number of urea groups is 1. The van der Waals surface area contributed by atoms with Crippen molar-refractivity contribution in [1.82, 2.24) is 20.0 Å². The van der Waals surface area contributed by atoms with E-state index in [9.17, 15) is 9.59 Å². The molecular weight excluding hydrogens is 416 g/mol. The Morgan fingerprint density at radius 2 is 1.81 bits per heavy atom. The number of piperazine rings is 1. The van der Waals surface area contributed by atoms with Crippen LogP contribution in [0.4, 0.5) is 4.79 Å². The second kappa shape index (κ2) is 9.16. The zero-order valence-electron chi connectivity index (χ0n) is 18.6. The quantitative estimate of drug-likeness (QED) is 0.761. The van der Waals surface area contributed by atoms with Gasteiger partial charge in [-0.2, -0.15) is 0 Å². The van der Waals surface area contributed by atoms with Crippen LogP contribution in [0.5, 0.6) is 11.5 Å². The summed E-state index contributed by atoms with van der Waals surface area (Å²) in [6.45, 7) is 11.6. The monoisotopic (exact) mass is 448 g/mol. The number of carbonyl (C=O) groups is 2. The Hall–Kier alpha value is -2.13. The zero-order chi connectivity index (χ0) is 22.0. The van der Waals surface area contributed by atoms with Gasteiger partial charge >= 0.3 is 6.03 Å². The highest BCUT2D eigenvalue weighted by molar-refractivity contribution is 8.00. The molecule has 0 radical (unpaired) electrons. The molecule has 3 aliphatic heterocycles. The van der Waals surface area contributed by atoms with Crippen LogP contribution in [-0.4, -0.2) is 90.4 Å². The molecule has 8 nitrogen and oxygen atoms in total. The van der Waals surface area contributed by atoms with Gasteiger partial charge in [0.05, 0.1) is 5.75 Å². The Labute approximate surface area is 188 Å². The van der Waals surface area contributed by atoms with Crippen LogP contribution in [-0.2, 0) is 4.79 Å². The fourth-order valence-electron chi connectivity index (χ4n) is 4.01. The summed E-state index contributed by atoms with van der Waals surface area (Å²) < 4.78 is 11.3. The normalized spacial score (nSPS) is 22.0. The summed E-state index contributed by atoms with van der Waals surface area (Å²) in [5.74, 6) is 2.20. The lowest BCUT2D eigenvalue weighted by molar-refractivity contribution is -0.128. The molecule has 31 heavy (non-hydrogen) atoms. The Morgan fingerprint density at radius 3 is 2.52 bits per heavy atom. The lowest BCUT2D eigenvalue weighted by atomic mass is 10.1. The molecule has 4 rings (SSSR count). The van der Waals surface area contributed by atoms with Crippen molar-refractivity contribution in [1.29, 1.82) is 0 Å². The number of ether oxygens (including phenoxy) is 2. The summed E-state index contributed by atoms with van der Waals surface area (Å²) in [7, 11) is 0. The minimum atomic E-state index is -0.231. The average molecular weight is 449 g/mol. The van der Waals surface area contributed by atoms with Gasteiger partial charge < -0.3 is 24.6 Å². The highest BCUT2D eigenvalue weighted by Gasteiger charge is 2.34. The van der Waals surface area contributed by atoms with Crippen LogP contribution in [0.3, 0.4) is 0 Å². The molecule has 0 aliphatic carbocycles. The summed E-state index contributed by atoms with van der Waals surface area (Å²) in [6.07, 6.45) is 0. The lowest BCUT2D eigenvalue weighted by Crippen LogP contribution is -2.55. The maximum absolute atomic E-state index is 12.6. The van der Waals surface area contributed by atoms with E-state index in [1.165, 1.54) is 0 Å². The van der Waals surface area contributed by atoms with Gasteiger partial charge in [0.2, 0.25) is 5.91 Å². The van der Waals surface area contributed by atoms with E-state index < -0.39 is 0 Å². The van der Waals surface area contributed by atoms with E-state index in [0.29, 0.717) is 38.6 Å². The molecule has 0 saturated carbocycles. The SMILES string of the molecule is CC(C)(C)NC(=O)N1CCN(CCN2C(=O)CSC2c2ccc3c(c2)OCCO3)CC1. The predicted molar refractivity (Wildman–Crippen MR) is 121 cm³/mol. The zero-order valence-corrected chi connectivity index (χ0v) is 19.4. The van der Waals surface area contributed by atoms with Gasteiger partial charge in [-0.05, 0) is 38.5 Å². The molecule has 1 unspecified atom stereocenters. The highest BCUT2D eigenvalue weighted by atomic mass is 32.2. The van der Waals surface area contributed by atoms with E-state index in [1.54, 1.807) is 11.8 Å². The number of amides is 3. The van der Waals surface area contributed by atoms with Gasteiger partial charge in [-0.1, -0.05) is 6.07 Å². The fourth-order valence-corrected chi connectivity index (χ4v) is 5.22. The van der Waals surface area contributed by atoms with Gasteiger partial charge in [-0.25, -0.2) is 4.79 Å². The predicted octanol–water partition coefficient (Wildman–Crippen LogP) is 2.16. The van der Waals surface area contributed by atoms with Gasteiger partial charge in [0.15, 0.2) is 11.5 Å². The fraction of sp³-hybridized carbons (Fsp3) is 0.636. The van der Waals surface area contributed by atoms with Crippen molar-refractivity contribution in [3.8, 4) is 11.5 Å². The van der Waals surface area contributed by atoms with Crippen LogP contribution in [0, 0.1) is 0 Å². The number of hydrogen-bond acceptors (Lipinski definition) is 6. The number of nitrogens with zero attached hydrogens (tertiary/aromatic N) is 3. The molecule has 2 saturated heterocycles. The largest absolute Gasteiger partial charge is 0.486 e. The average Bonchev–Trinajstić information content (AvgIpc) is 3.11. The third-order valence-corrected chi connectivity index (χ3v) is 6.87. The maximum Gasteiger partial charge on any atom is 0.317 e. The van der Waals surface area contributed by atoms with Crippen molar-refractivity contribution < 1.29 is 19.1 Å². The van der Waals surface area contributed by atoms with Gasteiger partial charge in [0.25, 0.3) is 0 Å². The Kier molecular flexibility index (Phi) is 6.52. The smallest absolute Gasteiger partial charge is 0.317 e. The van der Waals surface area contributed by atoms with E-state index >= 15 is 0 Å². The number of rotatable bonds is 4. The molecule has 170 valence electrons. The number of nitrogens with one attached hydrogen (secondary N) is 1. The van der Waals surface area contributed by atoms with Crippen LogP contribution in [0.25, 0.3) is 0 Å². The lowest BCUT2D eigenvalue weighted by Gasteiger charge is -2.37. The van der Waals surface area contributed by atoms with Crippen LogP contribution in [0.15, 0.2) is 18.2 Å². The Bertz CT molecular complexity index is 820. The highest BCUT2D eigenvalue weighted by Crippen LogP contribution is 2.42. The third-order valence-electron chi connectivity index (χ3n) is 5.62. The molecule has 1 aromatic rings. The van der Waals surface area contributed by atoms with Gasteiger partial charge in [0.1, 0.15) is 18.6 Å². The first-order valence-corrected chi connectivity index (χ1v) is 12.0.